The molecule has 6 aromatic rings. The summed E-state index contributed by atoms with van der Waals surface area (Å²) in [6.45, 7) is 3.88. The van der Waals surface area contributed by atoms with Crippen molar-refractivity contribution >= 4 is 46.7 Å². The number of para-hydroxylation sites is 2. The molecule has 16 heteroatoms. The van der Waals surface area contributed by atoms with E-state index in [9.17, 15) is 19.8 Å². The van der Waals surface area contributed by atoms with E-state index in [1.807, 2.05) is 74.5 Å². The zero-order valence-corrected chi connectivity index (χ0v) is 27.9. The Hall–Kier alpha value is -5.74. The summed E-state index contributed by atoms with van der Waals surface area (Å²) < 4.78 is 3.09. The second-order valence-corrected chi connectivity index (χ2v) is 13.1. The van der Waals surface area contributed by atoms with Crippen molar-refractivity contribution in [2.45, 2.75) is 29.6 Å². The number of hydrogen-bond donors (Lipinski definition) is 4. The van der Waals surface area contributed by atoms with Crippen molar-refractivity contribution < 1.29 is 19.8 Å². The number of hydrogen-bond acceptors (Lipinski definition) is 12. The Labute approximate surface area is 288 Å². The Morgan fingerprint density at radius 2 is 1.06 bits per heavy atom. The smallest absolute Gasteiger partial charge is 0.234 e. The van der Waals surface area contributed by atoms with E-state index < -0.39 is 5.41 Å². The fraction of sp³-hybridized carbons (Fsp3) is 0.152. The molecule has 4 N–H and O–H groups in total. The molecule has 0 radical (unpaired) electrons. The van der Waals surface area contributed by atoms with Gasteiger partial charge in [-0.25, -0.2) is 0 Å². The van der Waals surface area contributed by atoms with Gasteiger partial charge in [0, 0.05) is 5.41 Å². The fourth-order valence-electron chi connectivity index (χ4n) is 4.85. The predicted molar refractivity (Wildman–Crippen MR) is 185 cm³/mol. The largest absolute Gasteiger partial charge is 0.506 e. The molecule has 0 saturated carbocycles. The van der Waals surface area contributed by atoms with E-state index in [-0.39, 0.29) is 46.2 Å². The van der Waals surface area contributed by atoms with Gasteiger partial charge in [-0.1, -0.05) is 85.9 Å². The van der Waals surface area contributed by atoms with Gasteiger partial charge in [0.05, 0.1) is 34.3 Å². The summed E-state index contributed by atoms with van der Waals surface area (Å²) in [5.41, 5.74) is 2.87. The molecule has 0 bridgehead atoms. The maximum absolute atomic E-state index is 12.7. The highest BCUT2D eigenvalue weighted by Crippen LogP contribution is 2.38. The Bertz CT molecular complexity index is 1940. The second-order valence-electron chi connectivity index (χ2n) is 11.2. The molecule has 0 aliphatic rings. The van der Waals surface area contributed by atoms with Gasteiger partial charge in [0.15, 0.2) is 0 Å². The third-order valence-electron chi connectivity index (χ3n) is 7.54. The molecule has 0 unspecified atom stereocenters. The molecule has 4 aromatic carbocycles. The van der Waals surface area contributed by atoms with Crippen molar-refractivity contribution in [2.24, 2.45) is 0 Å². The van der Waals surface area contributed by atoms with Gasteiger partial charge in [0.25, 0.3) is 0 Å². The van der Waals surface area contributed by atoms with Crippen molar-refractivity contribution in [3.63, 3.8) is 0 Å². The number of tetrazole rings is 2. The SMILES string of the molecule is CC(C)(c1ccc(NC(=O)CSc2nnnn2-c2ccccc2)c(O)c1)c1ccc(NC(=O)CSc2nnnn2-c2ccccc2)c(O)c1. The summed E-state index contributed by atoms with van der Waals surface area (Å²) in [7, 11) is 0. The number of amides is 2. The van der Waals surface area contributed by atoms with Crippen LogP contribution in [0.3, 0.4) is 0 Å². The van der Waals surface area contributed by atoms with Gasteiger partial charge in [-0.05, 0) is 80.5 Å². The van der Waals surface area contributed by atoms with Gasteiger partial charge in [-0.3, -0.25) is 9.59 Å². The number of rotatable bonds is 12. The van der Waals surface area contributed by atoms with Crippen molar-refractivity contribution in [3.8, 4) is 22.9 Å². The van der Waals surface area contributed by atoms with E-state index in [2.05, 4.69) is 41.7 Å². The number of phenols is 2. The van der Waals surface area contributed by atoms with E-state index >= 15 is 0 Å². The zero-order chi connectivity index (χ0) is 34.4. The topological polar surface area (TPSA) is 186 Å². The number of phenolic OH excluding ortho intramolecular Hbond substituents is 2. The summed E-state index contributed by atoms with van der Waals surface area (Å²) in [4.78, 5) is 25.5. The molecule has 2 heterocycles. The number of nitrogens with zero attached hydrogens (tertiary/aromatic N) is 8. The Balaban J connectivity index is 1.05. The van der Waals surface area contributed by atoms with Crippen molar-refractivity contribution in [3.05, 3.63) is 108 Å². The average molecular weight is 695 g/mol. The van der Waals surface area contributed by atoms with Crippen LogP contribution in [0, 0.1) is 0 Å². The number of aromatic nitrogens is 8. The first-order chi connectivity index (χ1) is 23.7. The zero-order valence-electron chi connectivity index (χ0n) is 26.3. The van der Waals surface area contributed by atoms with Gasteiger partial charge in [-0.15, -0.1) is 10.2 Å². The summed E-state index contributed by atoms with van der Waals surface area (Å²) in [5.74, 6) is -0.860. The van der Waals surface area contributed by atoms with E-state index in [1.54, 1.807) is 45.8 Å². The predicted octanol–water partition coefficient (Wildman–Crippen LogP) is 4.84. The summed E-state index contributed by atoms with van der Waals surface area (Å²) in [5, 5.41) is 51.4. The van der Waals surface area contributed by atoms with Crippen molar-refractivity contribution in [1.29, 1.82) is 0 Å². The lowest BCUT2D eigenvalue weighted by Gasteiger charge is -2.27. The van der Waals surface area contributed by atoms with Gasteiger partial charge in [0.1, 0.15) is 11.5 Å². The average Bonchev–Trinajstić information content (AvgIpc) is 3.79. The normalized spacial score (nSPS) is 11.3. The quantitative estimate of drug-likeness (QED) is 0.101. The van der Waals surface area contributed by atoms with Crippen LogP contribution in [-0.2, 0) is 15.0 Å². The Morgan fingerprint density at radius 1 is 0.653 bits per heavy atom. The highest BCUT2D eigenvalue weighted by atomic mass is 32.2. The van der Waals surface area contributed by atoms with Crippen LogP contribution in [-0.4, -0.2) is 73.9 Å². The van der Waals surface area contributed by atoms with Gasteiger partial charge < -0.3 is 20.8 Å². The molecule has 2 amide bonds. The van der Waals surface area contributed by atoms with Crippen LogP contribution in [0.15, 0.2) is 107 Å². The minimum absolute atomic E-state index is 0.0211. The van der Waals surface area contributed by atoms with Gasteiger partial charge in [0.2, 0.25) is 22.1 Å². The van der Waals surface area contributed by atoms with Crippen molar-refractivity contribution in [1.82, 2.24) is 40.4 Å². The standard InChI is InChI=1S/C33H30N10O4S2/c1-33(2,21-13-15-25(27(44)17-21)34-29(46)19-48-31-36-38-40-42(31)23-9-5-3-6-10-23)22-14-16-26(28(45)18-22)35-30(47)20-49-32-37-39-41-43(32)24-11-7-4-8-12-24/h3-18,44-45H,19-20H2,1-2H3,(H,34,46)(H,35,47). The molecule has 0 aliphatic carbocycles. The van der Waals surface area contributed by atoms with Crippen LogP contribution in [0.2, 0.25) is 0 Å². The van der Waals surface area contributed by atoms with Crippen molar-refractivity contribution in [2.75, 3.05) is 22.1 Å². The minimum Gasteiger partial charge on any atom is -0.506 e. The number of carbonyl (C=O) groups excluding carboxylic acids is 2. The third-order valence-corrected chi connectivity index (χ3v) is 9.37. The van der Waals surface area contributed by atoms with E-state index in [0.29, 0.717) is 10.3 Å². The third kappa shape index (κ3) is 7.71. The lowest BCUT2D eigenvalue weighted by atomic mass is 9.78. The Morgan fingerprint density at radius 3 is 1.45 bits per heavy atom. The van der Waals surface area contributed by atoms with Crippen LogP contribution in [0.4, 0.5) is 11.4 Å². The molecular formula is C33H30N10O4S2. The first-order valence-electron chi connectivity index (χ1n) is 14.9. The number of carbonyl (C=O) groups is 2. The molecule has 0 saturated heterocycles. The minimum atomic E-state index is -0.658. The first kappa shape index (κ1) is 33.2. The lowest BCUT2D eigenvalue weighted by molar-refractivity contribution is -0.114. The molecule has 0 fully saturated rings. The fourth-order valence-corrected chi connectivity index (χ4v) is 6.23. The lowest BCUT2D eigenvalue weighted by Crippen LogP contribution is -2.20. The Kier molecular flexibility index (Phi) is 9.87. The summed E-state index contributed by atoms with van der Waals surface area (Å²) >= 11 is 2.33. The number of aromatic hydroxyl groups is 2. The molecule has 248 valence electrons. The number of benzene rings is 4. The summed E-state index contributed by atoms with van der Waals surface area (Å²) in [6, 6.07) is 28.7. The molecule has 0 aliphatic heterocycles. The monoisotopic (exact) mass is 694 g/mol. The highest BCUT2D eigenvalue weighted by molar-refractivity contribution is 8.00. The maximum atomic E-state index is 12.7. The van der Waals surface area contributed by atoms with E-state index in [1.165, 1.54) is 23.5 Å². The van der Waals surface area contributed by atoms with Crippen LogP contribution >= 0.6 is 23.5 Å². The van der Waals surface area contributed by atoms with Crippen LogP contribution in [0.25, 0.3) is 11.4 Å². The maximum Gasteiger partial charge on any atom is 0.234 e. The molecule has 0 spiro atoms. The molecule has 49 heavy (non-hydrogen) atoms. The van der Waals surface area contributed by atoms with Gasteiger partial charge in [-0.2, -0.15) is 9.36 Å². The van der Waals surface area contributed by atoms with E-state index in [4.69, 9.17) is 0 Å². The first-order valence-corrected chi connectivity index (χ1v) is 16.9. The number of thioether (sulfide) groups is 2. The molecule has 14 nitrogen and oxygen atoms in total. The molecular weight excluding hydrogens is 665 g/mol. The molecule has 2 aromatic heterocycles. The second kappa shape index (κ2) is 14.6. The number of anilines is 2. The van der Waals surface area contributed by atoms with Crippen LogP contribution in [0.1, 0.15) is 25.0 Å². The highest BCUT2D eigenvalue weighted by Gasteiger charge is 2.26. The number of nitrogens with one attached hydrogen (secondary N) is 2. The summed E-state index contributed by atoms with van der Waals surface area (Å²) in [6.07, 6.45) is 0. The van der Waals surface area contributed by atoms with E-state index in [0.717, 1.165) is 22.5 Å². The van der Waals surface area contributed by atoms with Crippen LogP contribution < -0.4 is 10.6 Å². The van der Waals surface area contributed by atoms with Gasteiger partial charge >= 0.3 is 0 Å². The van der Waals surface area contributed by atoms with Crippen LogP contribution in [0.5, 0.6) is 11.5 Å². The molecule has 0 atom stereocenters. The molecule has 6 rings (SSSR count).